The van der Waals surface area contributed by atoms with Gasteiger partial charge in [0.2, 0.25) is 0 Å². The third kappa shape index (κ3) is 3.33. The second kappa shape index (κ2) is 6.43. The first kappa shape index (κ1) is 14.3. The topological polar surface area (TPSA) is 75.5 Å². The minimum Gasteiger partial charge on any atom is -0.489 e. The molecule has 1 atom stereocenters. The van der Waals surface area contributed by atoms with Crippen LogP contribution in [0.1, 0.15) is 23.3 Å². The number of benzene rings is 1. The molecule has 0 spiro atoms. The van der Waals surface area contributed by atoms with Gasteiger partial charge in [-0.2, -0.15) is 0 Å². The molecule has 0 amide bonds. The number of carboxylic acids is 1. The second-order valence-electron chi connectivity index (χ2n) is 5.21. The SMILES string of the molecule is O=C(O)c1cnc(N2CCCC(Oc3ccccc3)C2)cn1. The van der Waals surface area contributed by atoms with E-state index in [0.717, 1.165) is 31.7 Å². The fourth-order valence-corrected chi connectivity index (χ4v) is 2.53. The van der Waals surface area contributed by atoms with Crippen LogP contribution in [0.5, 0.6) is 5.75 Å². The Kier molecular flexibility index (Phi) is 4.18. The molecule has 1 aromatic carbocycles. The molecular formula is C16H17N3O3. The van der Waals surface area contributed by atoms with E-state index in [1.165, 1.54) is 12.4 Å². The quantitative estimate of drug-likeness (QED) is 0.933. The largest absolute Gasteiger partial charge is 0.489 e. The zero-order valence-electron chi connectivity index (χ0n) is 12.1. The van der Waals surface area contributed by atoms with Gasteiger partial charge >= 0.3 is 5.97 Å². The third-order valence-electron chi connectivity index (χ3n) is 3.61. The molecule has 1 aliphatic rings. The van der Waals surface area contributed by atoms with Gasteiger partial charge in [-0.3, -0.25) is 0 Å². The van der Waals surface area contributed by atoms with Gasteiger partial charge in [0.05, 0.1) is 18.9 Å². The Morgan fingerprint density at radius 3 is 2.73 bits per heavy atom. The van der Waals surface area contributed by atoms with Gasteiger partial charge in [-0.1, -0.05) is 18.2 Å². The van der Waals surface area contributed by atoms with E-state index < -0.39 is 5.97 Å². The Morgan fingerprint density at radius 1 is 1.23 bits per heavy atom. The van der Waals surface area contributed by atoms with Crippen molar-refractivity contribution in [2.45, 2.75) is 18.9 Å². The average molecular weight is 299 g/mol. The maximum atomic E-state index is 10.8. The minimum absolute atomic E-state index is 0.0437. The molecule has 114 valence electrons. The van der Waals surface area contributed by atoms with Crippen molar-refractivity contribution in [2.24, 2.45) is 0 Å². The van der Waals surface area contributed by atoms with Gasteiger partial charge in [0.1, 0.15) is 17.7 Å². The summed E-state index contributed by atoms with van der Waals surface area (Å²) in [6, 6.07) is 9.75. The molecule has 0 bridgehead atoms. The molecule has 3 rings (SSSR count). The van der Waals surface area contributed by atoms with Crippen molar-refractivity contribution >= 4 is 11.8 Å². The van der Waals surface area contributed by atoms with Gasteiger partial charge in [-0.05, 0) is 25.0 Å². The monoisotopic (exact) mass is 299 g/mol. The van der Waals surface area contributed by atoms with E-state index in [1.807, 2.05) is 30.3 Å². The number of anilines is 1. The molecule has 1 aliphatic heterocycles. The Morgan fingerprint density at radius 2 is 2.05 bits per heavy atom. The van der Waals surface area contributed by atoms with Crippen molar-refractivity contribution < 1.29 is 14.6 Å². The molecule has 1 N–H and O–H groups in total. The zero-order valence-corrected chi connectivity index (χ0v) is 12.1. The highest BCUT2D eigenvalue weighted by molar-refractivity contribution is 5.84. The predicted molar refractivity (Wildman–Crippen MR) is 81.3 cm³/mol. The normalized spacial score (nSPS) is 18.0. The summed E-state index contributed by atoms with van der Waals surface area (Å²) >= 11 is 0. The predicted octanol–water partition coefficient (Wildman–Crippen LogP) is 2.22. The number of hydrogen-bond acceptors (Lipinski definition) is 5. The van der Waals surface area contributed by atoms with Crippen molar-refractivity contribution in [2.75, 3.05) is 18.0 Å². The molecule has 1 aromatic heterocycles. The number of aromatic carboxylic acids is 1. The maximum Gasteiger partial charge on any atom is 0.356 e. The number of nitrogens with zero attached hydrogens (tertiary/aromatic N) is 3. The lowest BCUT2D eigenvalue weighted by Gasteiger charge is -2.33. The van der Waals surface area contributed by atoms with Gasteiger partial charge in [-0.15, -0.1) is 0 Å². The number of aromatic nitrogens is 2. The molecule has 0 radical (unpaired) electrons. The molecule has 1 fully saturated rings. The summed E-state index contributed by atoms with van der Waals surface area (Å²) in [5.74, 6) is 0.482. The molecule has 0 saturated carbocycles. The summed E-state index contributed by atoms with van der Waals surface area (Å²) in [6.45, 7) is 1.59. The first-order valence-electron chi connectivity index (χ1n) is 7.24. The summed E-state index contributed by atoms with van der Waals surface area (Å²) in [7, 11) is 0. The highest BCUT2D eigenvalue weighted by Crippen LogP contribution is 2.21. The van der Waals surface area contributed by atoms with Gasteiger partial charge in [0.15, 0.2) is 5.69 Å². The van der Waals surface area contributed by atoms with Gasteiger partial charge < -0.3 is 14.7 Å². The van der Waals surface area contributed by atoms with E-state index in [4.69, 9.17) is 9.84 Å². The van der Waals surface area contributed by atoms with E-state index in [9.17, 15) is 4.79 Å². The van der Waals surface area contributed by atoms with E-state index in [2.05, 4.69) is 14.9 Å². The van der Waals surface area contributed by atoms with Gasteiger partial charge in [0, 0.05) is 6.54 Å². The highest BCUT2D eigenvalue weighted by atomic mass is 16.5. The van der Waals surface area contributed by atoms with Crippen LogP contribution in [0.3, 0.4) is 0 Å². The van der Waals surface area contributed by atoms with Crippen LogP contribution in [0.4, 0.5) is 5.82 Å². The number of hydrogen-bond donors (Lipinski definition) is 1. The van der Waals surface area contributed by atoms with Crippen molar-refractivity contribution in [3.63, 3.8) is 0 Å². The summed E-state index contributed by atoms with van der Waals surface area (Å²) < 4.78 is 5.99. The van der Waals surface area contributed by atoms with Crippen LogP contribution in [0.15, 0.2) is 42.7 Å². The van der Waals surface area contributed by atoms with Gasteiger partial charge in [0.25, 0.3) is 0 Å². The molecular weight excluding hydrogens is 282 g/mol. The first-order chi connectivity index (χ1) is 10.7. The minimum atomic E-state index is -1.07. The van der Waals surface area contributed by atoms with Crippen LogP contribution in [0, 0.1) is 0 Å². The van der Waals surface area contributed by atoms with Crippen LogP contribution in [0.2, 0.25) is 0 Å². The van der Waals surface area contributed by atoms with Crippen molar-refractivity contribution in [3.05, 3.63) is 48.4 Å². The standard InChI is InChI=1S/C16H17N3O3/c20-16(21)14-9-18-15(10-17-14)19-8-4-7-13(11-19)22-12-5-2-1-3-6-12/h1-3,5-6,9-10,13H,4,7-8,11H2,(H,20,21). The maximum absolute atomic E-state index is 10.8. The van der Waals surface area contributed by atoms with Crippen LogP contribution in [0.25, 0.3) is 0 Å². The Labute approximate surface area is 128 Å². The molecule has 1 saturated heterocycles. The Hall–Kier alpha value is -2.63. The van der Waals surface area contributed by atoms with Crippen LogP contribution in [-0.2, 0) is 0 Å². The van der Waals surface area contributed by atoms with E-state index in [0.29, 0.717) is 5.82 Å². The number of ether oxygens (including phenoxy) is 1. The Balaban J connectivity index is 1.66. The highest BCUT2D eigenvalue weighted by Gasteiger charge is 2.22. The molecule has 6 heteroatoms. The zero-order chi connectivity index (χ0) is 15.4. The van der Waals surface area contributed by atoms with E-state index in [1.54, 1.807) is 0 Å². The summed E-state index contributed by atoms with van der Waals surface area (Å²) in [5.41, 5.74) is -0.0437. The molecule has 2 heterocycles. The van der Waals surface area contributed by atoms with Crippen LogP contribution in [-0.4, -0.2) is 40.2 Å². The number of piperidine rings is 1. The van der Waals surface area contributed by atoms with Crippen molar-refractivity contribution in [1.82, 2.24) is 9.97 Å². The molecule has 6 nitrogen and oxygen atoms in total. The summed E-state index contributed by atoms with van der Waals surface area (Å²) in [4.78, 5) is 21.0. The number of carbonyl (C=O) groups is 1. The lowest BCUT2D eigenvalue weighted by atomic mass is 10.1. The fourth-order valence-electron chi connectivity index (χ4n) is 2.53. The summed E-state index contributed by atoms with van der Waals surface area (Å²) in [6.07, 6.45) is 4.89. The third-order valence-corrected chi connectivity index (χ3v) is 3.61. The lowest BCUT2D eigenvalue weighted by Crippen LogP contribution is -2.41. The molecule has 1 unspecified atom stereocenters. The second-order valence-corrected chi connectivity index (χ2v) is 5.21. The van der Waals surface area contributed by atoms with Crippen LogP contribution >= 0.6 is 0 Å². The van der Waals surface area contributed by atoms with Gasteiger partial charge in [-0.25, -0.2) is 14.8 Å². The number of rotatable bonds is 4. The smallest absolute Gasteiger partial charge is 0.356 e. The van der Waals surface area contributed by atoms with E-state index in [-0.39, 0.29) is 11.8 Å². The van der Waals surface area contributed by atoms with Crippen molar-refractivity contribution in [1.29, 1.82) is 0 Å². The lowest BCUT2D eigenvalue weighted by molar-refractivity contribution is 0.0690. The fraction of sp³-hybridized carbons (Fsp3) is 0.312. The summed E-state index contributed by atoms with van der Waals surface area (Å²) in [5, 5.41) is 8.86. The van der Waals surface area contributed by atoms with Crippen LogP contribution < -0.4 is 9.64 Å². The van der Waals surface area contributed by atoms with Crippen molar-refractivity contribution in [3.8, 4) is 5.75 Å². The number of para-hydroxylation sites is 1. The molecule has 22 heavy (non-hydrogen) atoms. The Bertz CT molecular complexity index is 631. The number of carboxylic acid groups (broad SMARTS) is 1. The molecule has 2 aromatic rings. The van der Waals surface area contributed by atoms with E-state index >= 15 is 0 Å². The first-order valence-corrected chi connectivity index (χ1v) is 7.24. The average Bonchev–Trinajstić information content (AvgIpc) is 2.56. The molecule has 0 aliphatic carbocycles.